The zero-order chi connectivity index (χ0) is 13.9. The number of carbonyl (C=O) groups is 1. The average molecular weight is 285 g/mol. The lowest BCUT2D eigenvalue weighted by Gasteiger charge is -2.09. The molecule has 1 aromatic heterocycles. The van der Waals surface area contributed by atoms with Crippen LogP contribution in [0.25, 0.3) is 0 Å². The molecule has 0 N–H and O–H groups in total. The van der Waals surface area contributed by atoms with Crippen LogP contribution in [0.5, 0.6) is 0 Å². The van der Waals surface area contributed by atoms with Crippen molar-refractivity contribution in [3.8, 4) is 0 Å². The zero-order valence-electron chi connectivity index (χ0n) is 11.7. The van der Waals surface area contributed by atoms with Crippen molar-refractivity contribution < 1.29 is 4.79 Å². The van der Waals surface area contributed by atoms with Crippen LogP contribution in [0.15, 0.2) is 47.6 Å². The third kappa shape index (κ3) is 2.83. The first-order chi connectivity index (χ1) is 9.76. The highest BCUT2D eigenvalue weighted by Crippen LogP contribution is 2.37. The van der Waals surface area contributed by atoms with Gasteiger partial charge in [0.2, 0.25) is 0 Å². The Balaban J connectivity index is 1.64. The minimum atomic E-state index is 0.258. The van der Waals surface area contributed by atoms with Crippen molar-refractivity contribution in [3.63, 3.8) is 0 Å². The highest BCUT2D eigenvalue weighted by molar-refractivity contribution is 8.00. The van der Waals surface area contributed by atoms with E-state index < -0.39 is 0 Å². The van der Waals surface area contributed by atoms with Gasteiger partial charge in [-0.2, -0.15) is 0 Å². The molecular formula is C17H19NOS. The molecule has 1 aromatic carbocycles. The van der Waals surface area contributed by atoms with E-state index in [1.165, 1.54) is 10.5 Å². The minimum absolute atomic E-state index is 0.258. The number of thioether (sulfide) groups is 1. The molecule has 0 bridgehead atoms. The normalized spacial score (nSPS) is 17.1. The molecule has 2 nitrogen and oxygen atoms in total. The predicted octanol–water partition coefficient (Wildman–Crippen LogP) is 4.19. The molecule has 0 aliphatic carbocycles. The highest BCUT2D eigenvalue weighted by atomic mass is 32.2. The Morgan fingerprint density at radius 3 is 3.00 bits per heavy atom. The highest BCUT2D eigenvalue weighted by Gasteiger charge is 2.22. The third-order valence-corrected chi connectivity index (χ3v) is 4.98. The lowest BCUT2D eigenvalue weighted by molar-refractivity contribution is 0.0981. The fourth-order valence-electron chi connectivity index (χ4n) is 2.68. The van der Waals surface area contributed by atoms with Gasteiger partial charge < -0.3 is 4.57 Å². The van der Waals surface area contributed by atoms with Gasteiger partial charge in [-0.05, 0) is 30.5 Å². The third-order valence-electron chi connectivity index (χ3n) is 3.68. The van der Waals surface area contributed by atoms with Crippen molar-refractivity contribution in [2.75, 3.05) is 0 Å². The number of hydrogen-bond acceptors (Lipinski definition) is 2. The molecule has 0 amide bonds. The van der Waals surface area contributed by atoms with Gasteiger partial charge in [0.15, 0.2) is 5.78 Å². The van der Waals surface area contributed by atoms with Crippen LogP contribution in [0.2, 0.25) is 0 Å². The summed E-state index contributed by atoms with van der Waals surface area (Å²) in [5.41, 5.74) is 2.31. The Morgan fingerprint density at radius 1 is 1.35 bits per heavy atom. The number of Topliss-reactive ketones (excluding diaryl/α,β-unsaturated/α-hetero) is 1. The summed E-state index contributed by atoms with van der Waals surface area (Å²) >= 11 is 1.95. The van der Waals surface area contributed by atoms with Gasteiger partial charge >= 0.3 is 0 Å². The van der Waals surface area contributed by atoms with Gasteiger partial charge in [0.1, 0.15) is 0 Å². The summed E-state index contributed by atoms with van der Waals surface area (Å²) < 4.78 is 2.16. The fourth-order valence-corrected chi connectivity index (χ4v) is 4.01. The molecule has 20 heavy (non-hydrogen) atoms. The molecule has 1 aliphatic heterocycles. The molecule has 0 spiro atoms. The number of rotatable bonds is 5. The van der Waals surface area contributed by atoms with Gasteiger partial charge in [-0.1, -0.05) is 25.1 Å². The molecule has 104 valence electrons. The van der Waals surface area contributed by atoms with Crippen LogP contribution >= 0.6 is 11.8 Å². The van der Waals surface area contributed by atoms with Gasteiger partial charge in [0.05, 0.1) is 0 Å². The van der Waals surface area contributed by atoms with E-state index in [1.54, 1.807) is 0 Å². The summed E-state index contributed by atoms with van der Waals surface area (Å²) in [6, 6.07) is 10.6. The lowest BCUT2D eigenvalue weighted by atomic mass is 10.1. The van der Waals surface area contributed by atoms with Crippen LogP contribution in [-0.2, 0) is 13.0 Å². The van der Waals surface area contributed by atoms with E-state index in [4.69, 9.17) is 0 Å². The Labute approximate surface area is 124 Å². The molecular weight excluding hydrogens is 266 g/mol. The van der Waals surface area contributed by atoms with Gasteiger partial charge in [0, 0.05) is 41.1 Å². The van der Waals surface area contributed by atoms with E-state index in [9.17, 15) is 4.79 Å². The largest absolute Gasteiger partial charge is 0.352 e. The number of fused-ring (bicyclic) bond motifs is 1. The lowest BCUT2D eigenvalue weighted by Crippen LogP contribution is -2.10. The molecule has 0 radical (unpaired) electrons. The van der Waals surface area contributed by atoms with E-state index in [2.05, 4.69) is 28.8 Å². The van der Waals surface area contributed by atoms with Gasteiger partial charge in [-0.3, -0.25) is 4.79 Å². The molecule has 2 aromatic rings. The second-order valence-corrected chi connectivity index (χ2v) is 6.66. The molecule has 2 heterocycles. The number of benzene rings is 1. The number of ketones is 1. The second-order valence-electron chi connectivity index (χ2n) is 5.32. The first-order valence-electron chi connectivity index (χ1n) is 7.20. The van der Waals surface area contributed by atoms with E-state index in [1.807, 2.05) is 37.1 Å². The van der Waals surface area contributed by atoms with Crippen molar-refractivity contribution in [1.29, 1.82) is 0 Å². The summed E-state index contributed by atoms with van der Waals surface area (Å²) in [6.07, 6.45) is 6.72. The standard InChI is InChI=1S/C17H19NOS/c1-2-5-16(19)14-8-9-18(11-14)12-15-10-13-6-3-4-7-17(13)20-15/h3-4,6-9,11,15H,2,5,10,12H2,1H3. The molecule has 0 saturated heterocycles. The predicted molar refractivity (Wildman–Crippen MR) is 83.5 cm³/mol. The van der Waals surface area contributed by atoms with Crippen molar-refractivity contribution in [1.82, 2.24) is 4.57 Å². The quantitative estimate of drug-likeness (QED) is 0.769. The van der Waals surface area contributed by atoms with Crippen molar-refractivity contribution in [2.45, 2.75) is 42.9 Å². The Kier molecular flexibility index (Phi) is 3.97. The van der Waals surface area contributed by atoms with Gasteiger partial charge in [-0.25, -0.2) is 0 Å². The minimum Gasteiger partial charge on any atom is -0.352 e. The van der Waals surface area contributed by atoms with Crippen LogP contribution in [0.1, 0.15) is 35.7 Å². The zero-order valence-corrected chi connectivity index (χ0v) is 12.5. The number of hydrogen-bond donors (Lipinski definition) is 0. The van der Waals surface area contributed by atoms with Crippen LogP contribution in [0.3, 0.4) is 0 Å². The Morgan fingerprint density at radius 2 is 2.20 bits per heavy atom. The fraction of sp³-hybridized carbons (Fsp3) is 0.353. The Bertz CT molecular complexity index is 592. The van der Waals surface area contributed by atoms with E-state index in [-0.39, 0.29) is 5.78 Å². The van der Waals surface area contributed by atoms with Gasteiger partial charge in [-0.15, -0.1) is 11.8 Å². The summed E-state index contributed by atoms with van der Waals surface area (Å²) in [4.78, 5) is 13.3. The molecule has 1 aliphatic rings. The molecule has 1 atom stereocenters. The number of nitrogens with zero attached hydrogens (tertiary/aromatic N) is 1. The maximum absolute atomic E-state index is 11.9. The first kappa shape index (κ1) is 13.5. The first-order valence-corrected chi connectivity index (χ1v) is 8.07. The molecule has 3 rings (SSSR count). The topological polar surface area (TPSA) is 22.0 Å². The molecule has 1 unspecified atom stereocenters. The number of aromatic nitrogens is 1. The van der Waals surface area contributed by atoms with Crippen LogP contribution < -0.4 is 0 Å². The van der Waals surface area contributed by atoms with E-state index in [0.29, 0.717) is 11.7 Å². The second kappa shape index (κ2) is 5.88. The summed E-state index contributed by atoms with van der Waals surface area (Å²) in [5, 5.41) is 0.578. The SMILES string of the molecule is CCCC(=O)c1ccn(CC2Cc3ccccc3S2)c1. The van der Waals surface area contributed by atoms with Crippen LogP contribution in [0, 0.1) is 0 Å². The van der Waals surface area contributed by atoms with Gasteiger partial charge in [0.25, 0.3) is 0 Å². The van der Waals surface area contributed by atoms with E-state index >= 15 is 0 Å². The summed E-state index contributed by atoms with van der Waals surface area (Å²) in [7, 11) is 0. The monoisotopic (exact) mass is 285 g/mol. The van der Waals surface area contributed by atoms with Crippen molar-refractivity contribution in [3.05, 3.63) is 53.9 Å². The molecule has 3 heteroatoms. The average Bonchev–Trinajstić information content (AvgIpc) is 3.05. The number of carbonyl (C=O) groups excluding carboxylic acids is 1. The van der Waals surface area contributed by atoms with E-state index in [0.717, 1.165) is 24.9 Å². The molecule has 0 fully saturated rings. The van der Waals surface area contributed by atoms with Crippen LogP contribution in [0.4, 0.5) is 0 Å². The summed E-state index contributed by atoms with van der Waals surface area (Å²) in [6.45, 7) is 3.01. The van der Waals surface area contributed by atoms with Crippen molar-refractivity contribution in [2.24, 2.45) is 0 Å². The Hall–Kier alpha value is -1.48. The summed E-state index contributed by atoms with van der Waals surface area (Å²) in [5.74, 6) is 0.258. The van der Waals surface area contributed by atoms with Crippen molar-refractivity contribution >= 4 is 17.5 Å². The maximum Gasteiger partial charge on any atom is 0.164 e. The smallest absolute Gasteiger partial charge is 0.164 e. The molecule has 0 saturated carbocycles. The maximum atomic E-state index is 11.9. The van der Waals surface area contributed by atoms with Crippen LogP contribution in [-0.4, -0.2) is 15.6 Å².